The van der Waals surface area contributed by atoms with Crippen molar-refractivity contribution in [2.45, 2.75) is 44.4 Å². The highest BCUT2D eigenvalue weighted by Crippen LogP contribution is 2.43. The van der Waals surface area contributed by atoms with Crippen LogP contribution in [0.2, 0.25) is 0 Å². The lowest BCUT2D eigenvalue weighted by atomic mass is 9.68. The molecular weight excluding hydrogens is 238 g/mol. The van der Waals surface area contributed by atoms with Crippen LogP contribution in [0, 0.1) is 6.92 Å². The molecule has 2 rings (SSSR count). The molecule has 104 valence electrons. The third-order valence-electron chi connectivity index (χ3n) is 4.27. The number of benzene rings is 1. The Hall–Kier alpha value is -1.51. The number of carbonyl (C=O) groups is 1. The minimum Gasteiger partial charge on any atom is -0.481 e. The Morgan fingerprint density at radius 3 is 2.37 bits per heavy atom. The number of aryl methyl sites for hydroxylation is 1. The second-order valence-corrected chi connectivity index (χ2v) is 5.86. The molecule has 1 N–H and O–H groups in total. The molecule has 0 bridgehead atoms. The number of nitrogens with zero attached hydrogens (tertiary/aromatic N) is 1. The van der Waals surface area contributed by atoms with Gasteiger partial charge < -0.3 is 10.0 Å². The Morgan fingerprint density at radius 2 is 1.84 bits per heavy atom. The molecule has 0 amide bonds. The smallest absolute Gasteiger partial charge is 0.314 e. The first-order valence-corrected chi connectivity index (χ1v) is 6.99. The van der Waals surface area contributed by atoms with Crippen molar-refractivity contribution in [1.82, 2.24) is 0 Å². The Morgan fingerprint density at radius 1 is 1.21 bits per heavy atom. The zero-order chi connectivity index (χ0) is 14.0. The molecule has 0 saturated heterocycles. The van der Waals surface area contributed by atoms with Crippen LogP contribution in [0.1, 0.15) is 43.2 Å². The summed E-state index contributed by atoms with van der Waals surface area (Å²) in [7, 11) is 3.97. The molecule has 1 aliphatic carbocycles. The summed E-state index contributed by atoms with van der Waals surface area (Å²) in [6.07, 6.45) is 4.68. The van der Waals surface area contributed by atoms with Gasteiger partial charge in [0.15, 0.2) is 0 Å². The van der Waals surface area contributed by atoms with E-state index < -0.39 is 11.4 Å². The lowest BCUT2D eigenvalue weighted by Crippen LogP contribution is -2.39. The van der Waals surface area contributed by atoms with Crippen molar-refractivity contribution in [3.63, 3.8) is 0 Å². The van der Waals surface area contributed by atoms with Crippen LogP contribution in [0.25, 0.3) is 0 Å². The van der Waals surface area contributed by atoms with E-state index in [1.54, 1.807) is 0 Å². The van der Waals surface area contributed by atoms with Crippen LogP contribution in [0.15, 0.2) is 18.2 Å². The zero-order valence-corrected chi connectivity index (χ0v) is 12.1. The maximum Gasteiger partial charge on any atom is 0.314 e. The number of carboxylic acids is 1. The molecular formula is C16H23NO2. The van der Waals surface area contributed by atoms with Gasteiger partial charge in [0.25, 0.3) is 0 Å². The van der Waals surface area contributed by atoms with Crippen molar-refractivity contribution in [3.8, 4) is 0 Å². The van der Waals surface area contributed by atoms with Crippen molar-refractivity contribution in [2.75, 3.05) is 19.0 Å². The van der Waals surface area contributed by atoms with E-state index in [2.05, 4.69) is 6.07 Å². The second kappa shape index (κ2) is 5.24. The van der Waals surface area contributed by atoms with E-state index in [0.717, 1.165) is 43.4 Å². The molecule has 1 aromatic rings. The SMILES string of the molecule is Cc1ccc(C2(C(=O)O)CCCCC2)c(N(C)C)c1. The Kier molecular flexibility index (Phi) is 3.83. The molecule has 3 heteroatoms. The highest BCUT2D eigenvalue weighted by molar-refractivity contribution is 5.84. The number of carboxylic acid groups (broad SMARTS) is 1. The predicted molar refractivity (Wildman–Crippen MR) is 77.9 cm³/mol. The number of anilines is 1. The van der Waals surface area contributed by atoms with Crippen LogP contribution in [-0.2, 0) is 10.2 Å². The third-order valence-corrected chi connectivity index (χ3v) is 4.27. The fraction of sp³-hybridized carbons (Fsp3) is 0.562. The second-order valence-electron chi connectivity index (χ2n) is 5.86. The van der Waals surface area contributed by atoms with E-state index in [0.29, 0.717) is 0 Å². The molecule has 1 aliphatic rings. The predicted octanol–water partition coefficient (Wildman–Crippen LogP) is 3.35. The van der Waals surface area contributed by atoms with Crippen molar-refractivity contribution in [3.05, 3.63) is 29.3 Å². The molecule has 0 aromatic heterocycles. The Labute approximate surface area is 115 Å². The van der Waals surface area contributed by atoms with Gasteiger partial charge >= 0.3 is 5.97 Å². The number of hydrogen-bond donors (Lipinski definition) is 1. The van der Waals surface area contributed by atoms with Gasteiger partial charge in [-0.2, -0.15) is 0 Å². The lowest BCUT2D eigenvalue weighted by Gasteiger charge is -2.36. The Bertz CT molecular complexity index is 474. The maximum absolute atomic E-state index is 11.9. The standard InChI is InChI=1S/C16H23NO2/c1-12-7-8-13(14(11-12)17(2)3)16(15(18)19)9-5-4-6-10-16/h7-8,11H,4-6,9-10H2,1-3H3,(H,18,19). The number of aliphatic carboxylic acids is 1. The monoisotopic (exact) mass is 261 g/mol. The summed E-state index contributed by atoms with van der Waals surface area (Å²) in [6, 6.07) is 6.14. The normalized spacial score (nSPS) is 18.1. The van der Waals surface area contributed by atoms with Crippen LogP contribution in [0.3, 0.4) is 0 Å². The van der Waals surface area contributed by atoms with E-state index in [-0.39, 0.29) is 0 Å². The summed E-state index contributed by atoms with van der Waals surface area (Å²) < 4.78 is 0. The summed E-state index contributed by atoms with van der Waals surface area (Å²) in [5, 5.41) is 9.80. The van der Waals surface area contributed by atoms with E-state index in [4.69, 9.17) is 0 Å². The van der Waals surface area contributed by atoms with Crippen LogP contribution >= 0.6 is 0 Å². The van der Waals surface area contributed by atoms with E-state index in [1.807, 2.05) is 38.1 Å². The van der Waals surface area contributed by atoms with Crippen molar-refractivity contribution >= 4 is 11.7 Å². The fourth-order valence-corrected chi connectivity index (χ4v) is 3.17. The molecule has 0 unspecified atom stereocenters. The molecule has 1 saturated carbocycles. The van der Waals surface area contributed by atoms with Gasteiger partial charge in [0.1, 0.15) is 0 Å². The zero-order valence-electron chi connectivity index (χ0n) is 12.1. The number of rotatable bonds is 3. The lowest BCUT2D eigenvalue weighted by molar-refractivity contribution is -0.145. The van der Waals surface area contributed by atoms with Crippen LogP contribution < -0.4 is 4.90 Å². The van der Waals surface area contributed by atoms with E-state index >= 15 is 0 Å². The molecule has 0 atom stereocenters. The van der Waals surface area contributed by atoms with Crippen molar-refractivity contribution < 1.29 is 9.90 Å². The maximum atomic E-state index is 11.9. The molecule has 1 aromatic carbocycles. The highest BCUT2D eigenvalue weighted by Gasteiger charge is 2.42. The number of hydrogen-bond acceptors (Lipinski definition) is 2. The van der Waals surface area contributed by atoms with E-state index in [1.165, 1.54) is 5.56 Å². The van der Waals surface area contributed by atoms with Gasteiger partial charge in [0.05, 0.1) is 5.41 Å². The minimum atomic E-state index is -0.689. The molecule has 3 nitrogen and oxygen atoms in total. The summed E-state index contributed by atoms with van der Waals surface area (Å²) >= 11 is 0. The first kappa shape index (κ1) is 13.9. The van der Waals surface area contributed by atoms with Crippen LogP contribution in [0.5, 0.6) is 0 Å². The molecule has 1 fully saturated rings. The third kappa shape index (κ3) is 2.46. The highest BCUT2D eigenvalue weighted by atomic mass is 16.4. The molecule has 0 radical (unpaired) electrons. The largest absolute Gasteiger partial charge is 0.481 e. The van der Waals surface area contributed by atoms with Gasteiger partial charge in [-0.3, -0.25) is 4.79 Å². The van der Waals surface area contributed by atoms with Gasteiger partial charge in [-0.05, 0) is 37.0 Å². The van der Waals surface area contributed by atoms with Crippen LogP contribution in [-0.4, -0.2) is 25.2 Å². The van der Waals surface area contributed by atoms with E-state index in [9.17, 15) is 9.90 Å². The van der Waals surface area contributed by atoms with Gasteiger partial charge in [0.2, 0.25) is 0 Å². The van der Waals surface area contributed by atoms with Crippen molar-refractivity contribution in [1.29, 1.82) is 0 Å². The van der Waals surface area contributed by atoms with Crippen molar-refractivity contribution in [2.24, 2.45) is 0 Å². The van der Waals surface area contributed by atoms with Gasteiger partial charge in [-0.1, -0.05) is 31.4 Å². The summed E-state index contributed by atoms with van der Waals surface area (Å²) in [4.78, 5) is 13.9. The molecule has 19 heavy (non-hydrogen) atoms. The van der Waals surface area contributed by atoms with Crippen LogP contribution in [0.4, 0.5) is 5.69 Å². The first-order chi connectivity index (χ1) is 8.97. The Balaban J connectivity index is 2.56. The van der Waals surface area contributed by atoms with Gasteiger partial charge in [0, 0.05) is 19.8 Å². The first-order valence-electron chi connectivity index (χ1n) is 6.99. The fourth-order valence-electron chi connectivity index (χ4n) is 3.17. The topological polar surface area (TPSA) is 40.5 Å². The molecule has 0 aliphatic heterocycles. The molecule has 0 heterocycles. The van der Waals surface area contributed by atoms with Gasteiger partial charge in [-0.25, -0.2) is 0 Å². The average molecular weight is 261 g/mol. The average Bonchev–Trinajstić information content (AvgIpc) is 2.39. The quantitative estimate of drug-likeness (QED) is 0.907. The summed E-state index contributed by atoms with van der Waals surface area (Å²) in [5.41, 5.74) is 2.51. The van der Waals surface area contributed by atoms with Gasteiger partial charge in [-0.15, -0.1) is 0 Å². The summed E-state index contributed by atoms with van der Waals surface area (Å²) in [6.45, 7) is 2.05. The summed E-state index contributed by atoms with van der Waals surface area (Å²) in [5.74, 6) is -0.667. The minimum absolute atomic E-state index is 0.667. The molecule has 0 spiro atoms.